The van der Waals surface area contributed by atoms with Crippen molar-refractivity contribution < 1.29 is 14.0 Å². The highest BCUT2D eigenvalue weighted by molar-refractivity contribution is 8.26. The summed E-state index contributed by atoms with van der Waals surface area (Å²) in [6.45, 7) is 0. The Morgan fingerprint density at radius 3 is 2.50 bits per heavy atom. The molecule has 24 heavy (non-hydrogen) atoms. The molecule has 0 radical (unpaired) electrons. The summed E-state index contributed by atoms with van der Waals surface area (Å²) in [6, 6.07) is 12.2. The van der Waals surface area contributed by atoms with E-state index < -0.39 is 17.6 Å². The third kappa shape index (κ3) is 3.26. The zero-order chi connectivity index (χ0) is 17.3. The fraction of sp³-hybridized carbons (Fsp3) is 0. The summed E-state index contributed by atoms with van der Waals surface area (Å²) >= 11 is 11.9. The third-order valence-electron chi connectivity index (χ3n) is 3.28. The van der Waals surface area contributed by atoms with Crippen molar-refractivity contribution in [3.8, 4) is 0 Å². The van der Waals surface area contributed by atoms with Crippen molar-refractivity contribution in [2.24, 2.45) is 0 Å². The summed E-state index contributed by atoms with van der Waals surface area (Å²) in [4.78, 5) is 26.1. The van der Waals surface area contributed by atoms with Gasteiger partial charge >= 0.3 is 0 Å². The molecule has 2 aromatic rings. The lowest BCUT2D eigenvalue weighted by atomic mass is 10.2. The SMILES string of the molecule is O=C1/C(=C\c2ccccc2F)SC(=S)N1C(=O)c1ccc(Cl)cc1. The van der Waals surface area contributed by atoms with Crippen LogP contribution in [0, 0.1) is 5.82 Å². The van der Waals surface area contributed by atoms with E-state index in [4.69, 9.17) is 23.8 Å². The molecule has 1 aliphatic heterocycles. The molecule has 0 aliphatic carbocycles. The summed E-state index contributed by atoms with van der Waals surface area (Å²) in [7, 11) is 0. The van der Waals surface area contributed by atoms with Gasteiger partial charge in [-0.1, -0.05) is 53.8 Å². The number of benzene rings is 2. The first-order chi connectivity index (χ1) is 11.5. The minimum atomic E-state index is -0.562. The number of hydrogen-bond acceptors (Lipinski definition) is 4. The van der Waals surface area contributed by atoms with E-state index in [2.05, 4.69) is 0 Å². The summed E-state index contributed by atoms with van der Waals surface area (Å²) in [5, 5.41) is 0.483. The zero-order valence-electron chi connectivity index (χ0n) is 12.0. The van der Waals surface area contributed by atoms with Crippen LogP contribution in [0.4, 0.5) is 4.39 Å². The molecular formula is C17H9ClFNO2S2. The van der Waals surface area contributed by atoms with Gasteiger partial charge in [0.15, 0.2) is 4.32 Å². The number of rotatable bonds is 2. The van der Waals surface area contributed by atoms with E-state index >= 15 is 0 Å². The lowest BCUT2D eigenvalue weighted by Gasteiger charge is -2.12. The largest absolute Gasteiger partial charge is 0.273 e. The minimum absolute atomic E-state index is 0.113. The molecule has 7 heteroatoms. The van der Waals surface area contributed by atoms with Crippen molar-refractivity contribution >= 4 is 57.8 Å². The third-order valence-corrected chi connectivity index (χ3v) is 4.83. The Morgan fingerprint density at radius 1 is 1.17 bits per heavy atom. The van der Waals surface area contributed by atoms with Gasteiger partial charge in [-0.25, -0.2) is 9.29 Å². The van der Waals surface area contributed by atoms with Crippen LogP contribution in [0.5, 0.6) is 0 Å². The number of carbonyl (C=O) groups is 2. The van der Waals surface area contributed by atoms with Crippen molar-refractivity contribution in [3.05, 3.63) is 75.4 Å². The fourth-order valence-electron chi connectivity index (χ4n) is 2.10. The number of halogens is 2. The van der Waals surface area contributed by atoms with E-state index in [1.54, 1.807) is 30.3 Å². The highest BCUT2D eigenvalue weighted by Gasteiger charge is 2.37. The average Bonchev–Trinajstić information content (AvgIpc) is 2.84. The Hall–Kier alpha value is -2.02. The van der Waals surface area contributed by atoms with Gasteiger partial charge in [0.05, 0.1) is 4.91 Å². The van der Waals surface area contributed by atoms with Crippen LogP contribution in [0.3, 0.4) is 0 Å². The number of thiocarbonyl (C=S) groups is 1. The van der Waals surface area contributed by atoms with Crippen LogP contribution >= 0.6 is 35.6 Å². The fourth-order valence-corrected chi connectivity index (χ4v) is 3.47. The molecular weight excluding hydrogens is 369 g/mol. The second-order valence-electron chi connectivity index (χ2n) is 4.85. The van der Waals surface area contributed by atoms with Gasteiger partial charge in [-0.15, -0.1) is 0 Å². The maximum absolute atomic E-state index is 13.7. The molecule has 0 aromatic heterocycles. The highest BCUT2D eigenvalue weighted by atomic mass is 35.5. The van der Waals surface area contributed by atoms with Crippen molar-refractivity contribution in [1.82, 2.24) is 4.90 Å². The Morgan fingerprint density at radius 2 is 1.83 bits per heavy atom. The molecule has 2 aromatic carbocycles. The lowest BCUT2D eigenvalue weighted by Crippen LogP contribution is -2.34. The van der Waals surface area contributed by atoms with E-state index in [1.165, 1.54) is 24.3 Å². The van der Waals surface area contributed by atoms with Crippen LogP contribution in [0.15, 0.2) is 53.4 Å². The summed E-state index contributed by atoms with van der Waals surface area (Å²) in [6.07, 6.45) is 1.39. The van der Waals surface area contributed by atoms with Gasteiger partial charge in [0.25, 0.3) is 11.8 Å². The maximum Gasteiger partial charge on any atom is 0.273 e. The topological polar surface area (TPSA) is 37.4 Å². The number of hydrogen-bond donors (Lipinski definition) is 0. The molecule has 1 heterocycles. The molecule has 1 saturated heterocycles. The molecule has 120 valence electrons. The average molecular weight is 378 g/mol. The second-order valence-corrected chi connectivity index (χ2v) is 6.96. The smallest absolute Gasteiger partial charge is 0.268 e. The Labute approximate surface area is 152 Å². The Kier molecular flexibility index (Phi) is 4.80. The van der Waals surface area contributed by atoms with E-state index in [1.807, 2.05) is 0 Å². The molecule has 3 rings (SSSR count). The van der Waals surface area contributed by atoms with Crippen molar-refractivity contribution in [1.29, 1.82) is 0 Å². The monoisotopic (exact) mass is 377 g/mol. The lowest BCUT2D eigenvalue weighted by molar-refractivity contribution is -0.120. The standard InChI is InChI=1S/C17H9ClFNO2S2/c18-12-7-5-10(6-8-12)15(21)20-16(22)14(24-17(20)23)9-11-3-1-2-4-13(11)19/h1-9H/b14-9+. The molecule has 0 unspecified atom stereocenters. The van der Waals surface area contributed by atoms with Gasteiger partial charge < -0.3 is 0 Å². The molecule has 2 amide bonds. The molecule has 0 bridgehead atoms. The zero-order valence-corrected chi connectivity index (χ0v) is 14.4. The van der Waals surface area contributed by atoms with E-state index in [-0.39, 0.29) is 14.8 Å². The predicted octanol–water partition coefficient (Wildman–Crippen LogP) is 4.52. The van der Waals surface area contributed by atoms with Gasteiger partial charge in [-0.3, -0.25) is 9.59 Å². The number of imide groups is 1. The first-order valence-corrected chi connectivity index (χ1v) is 8.40. The van der Waals surface area contributed by atoms with Gasteiger partial charge in [0.1, 0.15) is 5.82 Å². The normalized spacial score (nSPS) is 16.1. The van der Waals surface area contributed by atoms with Crippen molar-refractivity contribution in [3.63, 3.8) is 0 Å². The summed E-state index contributed by atoms with van der Waals surface area (Å²) in [5.74, 6) is -1.55. The van der Waals surface area contributed by atoms with Crippen LogP contribution in [-0.2, 0) is 4.79 Å². The molecule has 1 fully saturated rings. The van der Waals surface area contributed by atoms with Crippen LogP contribution < -0.4 is 0 Å². The van der Waals surface area contributed by atoms with Crippen molar-refractivity contribution in [2.45, 2.75) is 0 Å². The highest BCUT2D eigenvalue weighted by Crippen LogP contribution is 2.34. The molecule has 0 atom stereocenters. The Balaban J connectivity index is 1.91. The van der Waals surface area contributed by atoms with Crippen LogP contribution in [-0.4, -0.2) is 21.0 Å². The maximum atomic E-state index is 13.7. The van der Waals surface area contributed by atoms with Crippen LogP contribution in [0.2, 0.25) is 5.02 Å². The van der Waals surface area contributed by atoms with Gasteiger partial charge in [0.2, 0.25) is 0 Å². The second kappa shape index (κ2) is 6.84. The first kappa shape index (κ1) is 16.8. The quantitative estimate of drug-likeness (QED) is 0.438. The minimum Gasteiger partial charge on any atom is -0.268 e. The van der Waals surface area contributed by atoms with E-state index in [0.29, 0.717) is 10.6 Å². The number of nitrogens with zero attached hydrogens (tertiary/aromatic N) is 1. The van der Waals surface area contributed by atoms with Crippen LogP contribution in [0.1, 0.15) is 15.9 Å². The predicted molar refractivity (Wildman–Crippen MR) is 97.2 cm³/mol. The number of carbonyl (C=O) groups excluding carboxylic acids is 2. The molecule has 0 spiro atoms. The number of thioether (sulfide) groups is 1. The van der Waals surface area contributed by atoms with Crippen LogP contribution in [0.25, 0.3) is 6.08 Å². The Bertz CT molecular complexity index is 880. The first-order valence-electron chi connectivity index (χ1n) is 6.80. The van der Waals surface area contributed by atoms with Gasteiger partial charge in [-0.2, -0.15) is 0 Å². The van der Waals surface area contributed by atoms with Crippen molar-refractivity contribution in [2.75, 3.05) is 0 Å². The molecule has 0 saturated carbocycles. The molecule has 3 nitrogen and oxygen atoms in total. The molecule has 0 N–H and O–H groups in total. The van der Waals surface area contributed by atoms with E-state index in [0.717, 1.165) is 16.7 Å². The summed E-state index contributed by atoms with van der Waals surface area (Å²) in [5.41, 5.74) is 0.555. The van der Waals surface area contributed by atoms with E-state index in [9.17, 15) is 14.0 Å². The van der Waals surface area contributed by atoms with Gasteiger partial charge in [0, 0.05) is 16.1 Å². The number of amides is 2. The molecule has 1 aliphatic rings. The summed E-state index contributed by atoms with van der Waals surface area (Å²) < 4.78 is 13.8. The van der Waals surface area contributed by atoms with Gasteiger partial charge in [-0.05, 0) is 36.4 Å².